The molecule has 3 unspecified atom stereocenters. The van der Waals surface area contributed by atoms with E-state index in [-0.39, 0.29) is 0 Å². The third kappa shape index (κ3) is 1.25. The van der Waals surface area contributed by atoms with Crippen molar-refractivity contribution < 1.29 is 0 Å². The Kier molecular flexibility index (Phi) is 1.98. The van der Waals surface area contributed by atoms with Gasteiger partial charge in [0.25, 0.3) is 0 Å². The first-order valence-electron chi connectivity index (χ1n) is 4.92. The van der Waals surface area contributed by atoms with Gasteiger partial charge in [0.2, 0.25) is 5.16 Å². The third-order valence-electron chi connectivity index (χ3n) is 3.19. The fourth-order valence-corrected chi connectivity index (χ4v) is 2.74. The fourth-order valence-electron chi connectivity index (χ4n) is 2.45. The van der Waals surface area contributed by atoms with Gasteiger partial charge in [-0.25, -0.2) is 0 Å². The topological polar surface area (TPSA) is 46.8 Å². The molecule has 0 saturated carbocycles. The minimum atomic E-state index is 0.470. The van der Waals surface area contributed by atoms with Crippen LogP contribution in [0.25, 0.3) is 0 Å². The number of rotatable bonds is 2. The number of piperidine rings is 1. The Morgan fingerprint density at radius 1 is 1.43 bits per heavy atom. The molecule has 2 fully saturated rings. The number of nitrogens with zero attached hydrogens (tertiary/aromatic N) is 5. The van der Waals surface area contributed by atoms with Crippen molar-refractivity contribution in [1.82, 2.24) is 25.1 Å². The van der Waals surface area contributed by atoms with Gasteiger partial charge >= 0.3 is 0 Å². The number of hydrogen-bond acceptors (Lipinski definition) is 5. The normalized spacial score (nSPS) is 35.4. The van der Waals surface area contributed by atoms with Crippen LogP contribution in [0, 0.1) is 5.92 Å². The maximum Gasteiger partial charge on any atom is 0.230 e. The average Bonchev–Trinajstić information content (AvgIpc) is 2.93. The highest BCUT2D eigenvalue weighted by atomic mass is 32.2. The van der Waals surface area contributed by atoms with E-state index in [4.69, 9.17) is 0 Å². The van der Waals surface area contributed by atoms with Gasteiger partial charge in [0.05, 0.1) is 6.04 Å². The summed E-state index contributed by atoms with van der Waals surface area (Å²) in [5.74, 6) is 0.749. The third-order valence-corrected chi connectivity index (χ3v) is 3.72. The number of hydrogen-bond donors (Lipinski definition) is 0. The molecule has 0 aliphatic carbocycles. The number of fused-ring (bicyclic) bond motifs is 2. The first-order chi connectivity index (χ1) is 6.86. The minimum absolute atomic E-state index is 0.470. The second kappa shape index (κ2) is 3.20. The molecule has 2 bridgehead atoms. The molecular formula is C8H13N5S. The van der Waals surface area contributed by atoms with Gasteiger partial charge in [0.15, 0.2) is 0 Å². The number of thioether (sulfide) groups is 1. The van der Waals surface area contributed by atoms with Gasteiger partial charge in [0.1, 0.15) is 0 Å². The van der Waals surface area contributed by atoms with Crippen molar-refractivity contribution in [3.8, 4) is 0 Å². The van der Waals surface area contributed by atoms with E-state index in [1.54, 1.807) is 11.8 Å². The predicted octanol–water partition coefficient (Wildman–Crippen LogP) is 0.272. The molecule has 6 heteroatoms. The molecule has 0 radical (unpaired) electrons. The van der Waals surface area contributed by atoms with E-state index in [0.717, 1.165) is 17.6 Å². The lowest BCUT2D eigenvalue weighted by atomic mass is 10.0. The first-order valence-corrected chi connectivity index (χ1v) is 6.15. The molecule has 0 spiro atoms. The zero-order valence-corrected chi connectivity index (χ0v) is 8.94. The molecular weight excluding hydrogens is 198 g/mol. The predicted molar refractivity (Wildman–Crippen MR) is 53.2 cm³/mol. The van der Waals surface area contributed by atoms with Crippen molar-refractivity contribution in [1.29, 1.82) is 0 Å². The lowest BCUT2D eigenvalue weighted by molar-refractivity contribution is 0.262. The first kappa shape index (κ1) is 8.67. The van der Waals surface area contributed by atoms with Gasteiger partial charge in [-0.3, -0.25) is 0 Å². The molecule has 3 heterocycles. The molecule has 14 heavy (non-hydrogen) atoms. The Labute approximate surface area is 86.8 Å². The average molecular weight is 211 g/mol. The monoisotopic (exact) mass is 211 g/mol. The quantitative estimate of drug-likeness (QED) is 0.657. The van der Waals surface area contributed by atoms with Crippen molar-refractivity contribution in [2.24, 2.45) is 5.92 Å². The summed E-state index contributed by atoms with van der Waals surface area (Å²) in [6, 6.07) is 0.470. The largest absolute Gasteiger partial charge is 0.301 e. The Morgan fingerprint density at radius 3 is 2.93 bits per heavy atom. The van der Waals surface area contributed by atoms with E-state index in [0.29, 0.717) is 6.04 Å². The van der Waals surface area contributed by atoms with Crippen LogP contribution in [0.4, 0.5) is 0 Å². The lowest BCUT2D eigenvalue weighted by Gasteiger charge is -2.20. The molecule has 2 aliphatic rings. The van der Waals surface area contributed by atoms with Crippen molar-refractivity contribution in [2.75, 3.05) is 25.9 Å². The summed E-state index contributed by atoms with van der Waals surface area (Å²) in [7, 11) is 0. The van der Waals surface area contributed by atoms with Crippen molar-refractivity contribution in [3.05, 3.63) is 0 Å². The minimum Gasteiger partial charge on any atom is -0.301 e. The van der Waals surface area contributed by atoms with Crippen LogP contribution >= 0.6 is 11.8 Å². The van der Waals surface area contributed by atoms with E-state index in [9.17, 15) is 0 Å². The molecule has 0 amide bonds. The summed E-state index contributed by atoms with van der Waals surface area (Å²) in [4.78, 5) is 4.30. The number of tetrazole rings is 1. The summed E-state index contributed by atoms with van der Waals surface area (Å²) in [5, 5.41) is 13.2. The summed E-state index contributed by atoms with van der Waals surface area (Å²) in [6.45, 7) is 3.58. The Balaban J connectivity index is 1.82. The van der Waals surface area contributed by atoms with Gasteiger partial charge in [-0.15, -0.1) is 10.2 Å². The molecule has 5 nitrogen and oxygen atoms in total. The van der Waals surface area contributed by atoms with Gasteiger partial charge in [-0.1, -0.05) is 11.8 Å². The molecule has 1 aromatic rings. The highest BCUT2D eigenvalue weighted by Crippen LogP contribution is 2.35. The van der Waals surface area contributed by atoms with Crippen LogP contribution in [0.15, 0.2) is 5.16 Å². The van der Waals surface area contributed by atoms with Crippen LogP contribution in [0.3, 0.4) is 0 Å². The Bertz CT molecular complexity index is 338. The van der Waals surface area contributed by atoms with Crippen LogP contribution in [-0.2, 0) is 0 Å². The molecule has 2 aliphatic heterocycles. The van der Waals surface area contributed by atoms with E-state index in [2.05, 4.69) is 20.3 Å². The zero-order chi connectivity index (χ0) is 9.54. The summed E-state index contributed by atoms with van der Waals surface area (Å²) in [5.41, 5.74) is 0. The SMILES string of the molecule is CSc1nnn(C2CN3CCC2C3)n1. The van der Waals surface area contributed by atoms with Crippen LogP contribution in [-0.4, -0.2) is 51.0 Å². The van der Waals surface area contributed by atoms with Gasteiger partial charge in [-0.2, -0.15) is 4.80 Å². The maximum absolute atomic E-state index is 4.36. The Hall–Kier alpha value is -0.620. The fraction of sp³-hybridized carbons (Fsp3) is 0.875. The zero-order valence-electron chi connectivity index (χ0n) is 8.13. The molecule has 0 aromatic carbocycles. The summed E-state index contributed by atoms with van der Waals surface area (Å²) in [6.07, 6.45) is 3.27. The van der Waals surface area contributed by atoms with Gasteiger partial charge in [-0.05, 0) is 30.4 Å². The van der Waals surface area contributed by atoms with E-state index in [1.165, 1.54) is 19.5 Å². The van der Waals surface area contributed by atoms with E-state index in [1.807, 2.05) is 11.1 Å². The molecule has 2 saturated heterocycles. The molecule has 0 N–H and O–H groups in total. The standard InChI is InChI=1S/C8H13N5S/c1-14-8-9-11-13(10-8)7-5-12-3-2-6(7)4-12/h6-7H,2-5H2,1H3. The highest BCUT2D eigenvalue weighted by Gasteiger charge is 2.40. The molecule has 3 atom stereocenters. The van der Waals surface area contributed by atoms with Crippen molar-refractivity contribution in [2.45, 2.75) is 17.6 Å². The Morgan fingerprint density at radius 2 is 2.36 bits per heavy atom. The molecule has 1 aromatic heterocycles. The highest BCUT2D eigenvalue weighted by molar-refractivity contribution is 7.98. The molecule has 3 rings (SSSR count). The van der Waals surface area contributed by atoms with Crippen LogP contribution in [0.2, 0.25) is 0 Å². The van der Waals surface area contributed by atoms with Gasteiger partial charge < -0.3 is 4.90 Å². The van der Waals surface area contributed by atoms with Crippen LogP contribution < -0.4 is 0 Å². The van der Waals surface area contributed by atoms with Crippen LogP contribution in [0.5, 0.6) is 0 Å². The summed E-state index contributed by atoms with van der Waals surface area (Å²) < 4.78 is 0. The van der Waals surface area contributed by atoms with E-state index < -0.39 is 0 Å². The molecule has 76 valence electrons. The second-order valence-corrected chi connectivity index (χ2v) is 4.75. The number of aromatic nitrogens is 4. The lowest BCUT2D eigenvalue weighted by Crippen LogP contribution is -2.27. The van der Waals surface area contributed by atoms with Gasteiger partial charge in [0, 0.05) is 13.1 Å². The second-order valence-electron chi connectivity index (χ2n) is 3.97. The van der Waals surface area contributed by atoms with Crippen molar-refractivity contribution in [3.63, 3.8) is 0 Å². The van der Waals surface area contributed by atoms with Crippen LogP contribution in [0.1, 0.15) is 12.5 Å². The maximum atomic E-state index is 4.36. The van der Waals surface area contributed by atoms with Crippen molar-refractivity contribution >= 4 is 11.8 Å². The van der Waals surface area contributed by atoms with E-state index >= 15 is 0 Å². The summed E-state index contributed by atoms with van der Waals surface area (Å²) >= 11 is 1.55. The smallest absolute Gasteiger partial charge is 0.230 e.